The van der Waals surface area contributed by atoms with E-state index in [-0.39, 0.29) is 12.3 Å². The van der Waals surface area contributed by atoms with Crippen molar-refractivity contribution in [3.05, 3.63) is 71.4 Å². The van der Waals surface area contributed by atoms with Gasteiger partial charge in [-0.1, -0.05) is 29.4 Å². The molecule has 0 amide bonds. The van der Waals surface area contributed by atoms with Crippen molar-refractivity contribution in [1.29, 1.82) is 0 Å². The standard InChI is InChI=1S/C20H13N3O4S/c24-20(15-10-14(21-22-15)19-6-3-7-28-19)25-11-13-9-18(27-23-13)17-8-12-4-1-2-5-16(12)26-17/h1-10H,11H2,(H,21,22). The molecule has 0 atom stereocenters. The largest absolute Gasteiger partial charge is 0.454 e. The maximum atomic E-state index is 12.2. The summed E-state index contributed by atoms with van der Waals surface area (Å²) in [6.07, 6.45) is 0. The molecule has 0 saturated carbocycles. The van der Waals surface area contributed by atoms with E-state index >= 15 is 0 Å². The van der Waals surface area contributed by atoms with Crippen LogP contribution in [0.4, 0.5) is 0 Å². The SMILES string of the molecule is O=C(OCc1cc(-c2cc3ccccc3o2)on1)c1cc(-c2cccs2)[nH]n1. The van der Waals surface area contributed by atoms with Crippen molar-refractivity contribution in [2.75, 3.05) is 0 Å². The van der Waals surface area contributed by atoms with E-state index in [1.54, 1.807) is 23.5 Å². The number of fused-ring (bicyclic) bond motifs is 1. The zero-order chi connectivity index (χ0) is 18.9. The molecule has 4 aromatic heterocycles. The molecule has 28 heavy (non-hydrogen) atoms. The number of rotatable bonds is 5. The van der Waals surface area contributed by atoms with Crippen molar-refractivity contribution < 1.29 is 18.5 Å². The Bertz CT molecular complexity index is 1220. The first-order valence-electron chi connectivity index (χ1n) is 8.47. The number of carbonyl (C=O) groups is 1. The van der Waals surface area contributed by atoms with Crippen LogP contribution in [0.3, 0.4) is 0 Å². The quantitative estimate of drug-likeness (QED) is 0.428. The lowest BCUT2D eigenvalue weighted by Crippen LogP contribution is -2.05. The lowest BCUT2D eigenvalue weighted by atomic mass is 10.2. The average Bonchev–Trinajstić information content (AvgIpc) is 3.51. The number of H-pyrrole nitrogens is 1. The van der Waals surface area contributed by atoms with Crippen molar-refractivity contribution in [3.8, 4) is 22.1 Å². The molecular formula is C20H13N3O4S. The van der Waals surface area contributed by atoms with Crippen LogP contribution in [0.5, 0.6) is 0 Å². The van der Waals surface area contributed by atoms with Crippen LogP contribution >= 0.6 is 11.3 Å². The molecule has 138 valence electrons. The Labute approximate surface area is 162 Å². The molecule has 7 nitrogen and oxygen atoms in total. The number of nitrogens with zero attached hydrogens (tertiary/aromatic N) is 2. The predicted molar refractivity (Wildman–Crippen MR) is 103 cm³/mol. The number of benzene rings is 1. The maximum Gasteiger partial charge on any atom is 0.359 e. The van der Waals surface area contributed by atoms with Gasteiger partial charge in [0.2, 0.25) is 5.76 Å². The lowest BCUT2D eigenvalue weighted by molar-refractivity contribution is 0.0457. The Hall–Kier alpha value is -3.65. The topological polar surface area (TPSA) is 94.1 Å². The fraction of sp³-hybridized carbons (Fsp3) is 0.0500. The summed E-state index contributed by atoms with van der Waals surface area (Å²) in [7, 11) is 0. The van der Waals surface area contributed by atoms with Gasteiger partial charge in [0.05, 0.1) is 10.6 Å². The highest BCUT2D eigenvalue weighted by Gasteiger charge is 2.16. The Morgan fingerprint density at radius 3 is 2.89 bits per heavy atom. The minimum atomic E-state index is -0.535. The normalized spacial score (nSPS) is 11.1. The Kier molecular flexibility index (Phi) is 4.02. The molecule has 0 spiro atoms. The van der Waals surface area contributed by atoms with Crippen LogP contribution in [0.25, 0.3) is 33.1 Å². The summed E-state index contributed by atoms with van der Waals surface area (Å²) >= 11 is 1.56. The van der Waals surface area contributed by atoms with Gasteiger partial charge in [0.1, 0.15) is 17.9 Å². The fourth-order valence-corrected chi connectivity index (χ4v) is 3.49. The molecule has 8 heteroatoms. The van der Waals surface area contributed by atoms with Crippen LogP contribution in [-0.4, -0.2) is 21.3 Å². The molecule has 0 saturated heterocycles. The molecule has 0 aliphatic rings. The molecule has 1 N–H and O–H groups in total. The van der Waals surface area contributed by atoms with Gasteiger partial charge in [-0.25, -0.2) is 4.79 Å². The van der Waals surface area contributed by atoms with Crippen LogP contribution in [0.2, 0.25) is 0 Å². The Balaban J connectivity index is 1.26. The van der Waals surface area contributed by atoms with E-state index in [0.717, 1.165) is 21.5 Å². The van der Waals surface area contributed by atoms with E-state index in [4.69, 9.17) is 13.7 Å². The summed E-state index contributed by atoms with van der Waals surface area (Å²) < 4.78 is 16.3. The number of hydrogen-bond donors (Lipinski definition) is 1. The number of furan rings is 1. The summed E-state index contributed by atoms with van der Waals surface area (Å²) in [5.41, 5.74) is 2.24. The number of aromatic amines is 1. The van der Waals surface area contributed by atoms with Crippen molar-refractivity contribution >= 4 is 28.3 Å². The van der Waals surface area contributed by atoms with Gasteiger partial charge in [-0.3, -0.25) is 5.10 Å². The summed E-state index contributed by atoms with van der Waals surface area (Å²) in [5.74, 6) is 0.508. The lowest BCUT2D eigenvalue weighted by Gasteiger charge is -1.98. The number of ether oxygens (including phenoxy) is 1. The number of hydrogen-bond acceptors (Lipinski definition) is 7. The average molecular weight is 391 g/mol. The first kappa shape index (κ1) is 16.5. The number of para-hydroxylation sites is 1. The van der Waals surface area contributed by atoms with Gasteiger partial charge >= 0.3 is 5.97 Å². The molecule has 0 fully saturated rings. The Morgan fingerprint density at radius 1 is 1.11 bits per heavy atom. The predicted octanol–water partition coefficient (Wildman–Crippen LogP) is 4.90. The molecule has 5 rings (SSSR count). The van der Waals surface area contributed by atoms with Gasteiger partial charge in [0, 0.05) is 11.5 Å². The number of esters is 1. The third kappa shape index (κ3) is 3.10. The minimum absolute atomic E-state index is 0.0241. The highest BCUT2D eigenvalue weighted by Crippen LogP contribution is 2.28. The first-order valence-corrected chi connectivity index (χ1v) is 9.35. The molecule has 0 unspecified atom stereocenters. The van der Waals surface area contributed by atoms with Gasteiger partial charge in [-0.05, 0) is 29.6 Å². The van der Waals surface area contributed by atoms with Crippen LogP contribution < -0.4 is 0 Å². The van der Waals surface area contributed by atoms with Crippen molar-refractivity contribution in [3.63, 3.8) is 0 Å². The summed E-state index contributed by atoms with van der Waals surface area (Å²) in [6.45, 7) is -0.0241. The highest BCUT2D eigenvalue weighted by atomic mass is 32.1. The van der Waals surface area contributed by atoms with Crippen molar-refractivity contribution in [1.82, 2.24) is 15.4 Å². The molecule has 0 aliphatic heterocycles. The van der Waals surface area contributed by atoms with E-state index in [2.05, 4.69) is 15.4 Å². The second-order valence-corrected chi connectivity index (χ2v) is 7.00. The second kappa shape index (κ2) is 6.82. The van der Waals surface area contributed by atoms with Gasteiger partial charge in [0.25, 0.3) is 0 Å². The summed E-state index contributed by atoms with van der Waals surface area (Å²) in [6, 6.07) is 16.8. The second-order valence-electron chi connectivity index (χ2n) is 6.05. The molecule has 0 aliphatic carbocycles. The van der Waals surface area contributed by atoms with Crippen LogP contribution in [-0.2, 0) is 11.3 Å². The van der Waals surface area contributed by atoms with Crippen molar-refractivity contribution in [2.45, 2.75) is 6.61 Å². The van der Waals surface area contributed by atoms with Gasteiger partial charge in [-0.2, -0.15) is 5.10 Å². The molecule has 0 bridgehead atoms. The molecule has 4 heterocycles. The summed E-state index contributed by atoms with van der Waals surface area (Å²) in [5, 5.41) is 13.7. The van der Waals surface area contributed by atoms with E-state index in [1.165, 1.54) is 0 Å². The van der Waals surface area contributed by atoms with E-state index in [9.17, 15) is 4.79 Å². The zero-order valence-corrected chi connectivity index (χ0v) is 15.2. The van der Waals surface area contributed by atoms with Crippen molar-refractivity contribution in [2.24, 2.45) is 0 Å². The molecular weight excluding hydrogens is 378 g/mol. The zero-order valence-electron chi connectivity index (χ0n) is 14.4. The van der Waals surface area contributed by atoms with Crippen LogP contribution in [0, 0.1) is 0 Å². The monoisotopic (exact) mass is 391 g/mol. The third-order valence-electron chi connectivity index (χ3n) is 4.15. The maximum absolute atomic E-state index is 12.2. The van der Waals surface area contributed by atoms with Gasteiger partial charge < -0.3 is 13.7 Å². The number of nitrogens with one attached hydrogen (secondary N) is 1. The van der Waals surface area contributed by atoms with E-state index in [0.29, 0.717) is 17.2 Å². The molecule has 1 aromatic carbocycles. The van der Waals surface area contributed by atoms with Crippen LogP contribution in [0.1, 0.15) is 16.2 Å². The molecule has 5 aromatic rings. The first-order chi connectivity index (χ1) is 13.8. The molecule has 0 radical (unpaired) electrons. The van der Waals surface area contributed by atoms with E-state index in [1.807, 2.05) is 47.8 Å². The summed E-state index contributed by atoms with van der Waals surface area (Å²) in [4.78, 5) is 13.2. The highest BCUT2D eigenvalue weighted by molar-refractivity contribution is 7.13. The van der Waals surface area contributed by atoms with Crippen LogP contribution in [0.15, 0.2) is 68.9 Å². The van der Waals surface area contributed by atoms with Gasteiger partial charge in [-0.15, -0.1) is 11.3 Å². The number of carbonyl (C=O) groups excluding carboxylic acids is 1. The number of thiophene rings is 1. The fourth-order valence-electron chi connectivity index (χ4n) is 2.80. The number of aromatic nitrogens is 3. The van der Waals surface area contributed by atoms with E-state index < -0.39 is 5.97 Å². The minimum Gasteiger partial charge on any atom is -0.454 e. The van der Waals surface area contributed by atoms with Gasteiger partial charge in [0.15, 0.2) is 11.5 Å². The smallest absolute Gasteiger partial charge is 0.359 e. The Morgan fingerprint density at radius 2 is 2.04 bits per heavy atom. The third-order valence-corrected chi connectivity index (χ3v) is 5.06.